The maximum atomic E-state index is 12.7. The van der Waals surface area contributed by atoms with E-state index < -0.39 is 9.84 Å². The molecule has 2 heterocycles. The number of aryl methyl sites for hydroxylation is 1. The Bertz CT molecular complexity index is 1140. The minimum atomic E-state index is -2.97. The number of nitrogens with one attached hydrogen (secondary N) is 2. The molecule has 9 heteroatoms. The molecule has 2 aliphatic heterocycles. The van der Waals surface area contributed by atoms with Crippen molar-refractivity contribution >= 4 is 44.0 Å². The third-order valence-corrected chi connectivity index (χ3v) is 9.09. The summed E-state index contributed by atoms with van der Waals surface area (Å²) < 4.78 is 23.5. The summed E-state index contributed by atoms with van der Waals surface area (Å²) >= 11 is 1.48. The molecule has 0 aliphatic carbocycles. The number of hydrogen-bond donors (Lipinski definition) is 2. The molecular weight excluding hydrogens is 456 g/mol. The van der Waals surface area contributed by atoms with Crippen molar-refractivity contribution < 1.29 is 13.2 Å². The lowest BCUT2D eigenvalue weighted by atomic mass is 10.1. The van der Waals surface area contributed by atoms with Crippen LogP contribution in [0.2, 0.25) is 0 Å². The number of thioether (sulfide) groups is 1. The van der Waals surface area contributed by atoms with Crippen LogP contribution in [-0.2, 0) is 9.84 Å². The van der Waals surface area contributed by atoms with E-state index in [0.29, 0.717) is 12.1 Å². The number of fused-ring (bicyclic) bond motifs is 1. The fourth-order valence-electron chi connectivity index (χ4n) is 4.11. The molecule has 2 aromatic rings. The molecule has 1 fully saturated rings. The first-order valence-electron chi connectivity index (χ1n) is 11.3. The number of sulfone groups is 1. The van der Waals surface area contributed by atoms with Crippen molar-refractivity contribution in [1.82, 2.24) is 5.32 Å². The van der Waals surface area contributed by atoms with Gasteiger partial charge in [0.1, 0.15) is 0 Å². The highest BCUT2D eigenvalue weighted by molar-refractivity contribution is 8.15. The molecule has 2 aliphatic rings. The van der Waals surface area contributed by atoms with Crippen LogP contribution in [0, 0.1) is 6.92 Å². The zero-order valence-corrected chi connectivity index (χ0v) is 20.6. The van der Waals surface area contributed by atoms with E-state index in [1.165, 1.54) is 17.4 Å². The smallest absolute Gasteiger partial charge is 0.251 e. The summed E-state index contributed by atoms with van der Waals surface area (Å²) in [4.78, 5) is 19.5. The lowest BCUT2D eigenvalue weighted by Crippen LogP contribution is -2.30. The minimum absolute atomic E-state index is 0.0112. The number of amides is 1. The van der Waals surface area contributed by atoms with Crippen molar-refractivity contribution in [2.75, 3.05) is 41.4 Å². The summed E-state index contributed by atoms with van der Waals surface area (Å²) in [5.41, 5.74) is 3.60. The summed E-state index contributed by atoms with van der Waals surface area (Å²) in [6, 6.07) is 15.7. The van der Waals surface area contributed by atoms with Crippen molar-refractivity contribution in [1.29, 1.82) is 0 Å². The summed E-state index contributed by atoms with van der Waals surface area (Å²) in [6.07, 6.45) is 0.852. The summed E-state index contributed by atoms with van der Waals surface area (Å²) in [5.74, 6) is 0.194. The number of para-hydroxylation sites is 1. The highest BCUT2D eigenvalue weighted by atomic mass is 32.2. The lowest BCUT2D eigenvalue weighted by molar-refractivity contribution is 0.0953. The van der Waals surface area contributed by atoms with Gasteiger partial charge < -0.3 is 15.5 Å². The monoisotopic (exact) mass is 486 g/mol. The quantitative estimate of drug-likeness (QED) is 0.557. The molecule has 7 nitrogen and oxygen atoms in total. The number of amidine groups is 1. The van der Waals surface area contributed by atoms with Crippen molar-refractivity contribution in [2.24, 2.45) is 4.99 Å². The summed E-state index contributed by atoms with van der Waals surface area (Å²) in [5, 5.41) is 7.03. The van der Waals surface area contributed by atoms with Crippen LogP contribution in [0.4, 0.5) is 11.4 Å². The standard InChI is InChI=1S/C24H30N4O3S2/c1-3-28(19-8-5-4-6-9-19)13-7-12-25-23(29)18-11-10-17(2)20(14-18)26-24-27-21-15-33(30,31)16-22(21)32-24/h4-6,8-11,14,21-22H,3,7,12-13,15-16H2,1-2H3,(H,25,29)(H,26,27)/t21-,22+/m1/s1. The number of carbonyl (C=O) groups excluding carboxylic acids is 1. The summed E-state index contributed by atoms with van der Waals surface area (Å²) in [7, 11) is -2.97. The molecule has 2 aromatic carbocycles. The van der Waals surface area contributed by atoms with Crippen LogP contribution in [0.15, 0.2) is 53.5 Å². The van der Waals surface area contributed by atoms with E-state index in [4.69, 9.17) is 0 Å². The van der Waals surface area contributed by atoms with Crippen LogP contribution in [0.25, 0.3) is 0 Å². The van der Waals surface area contributed by atoms with E-state index in [1.54, 1.807) is 0 Å². The van der Waals surface area contributed by atoms with Gasteiger partial charge in [0.15, 0.2) is 15.0 Å². The second-order valence-corrected chi connectivity index (χ2v) is 11.8. The minimum Gasteiger partial charge on any atom is -0.372 e. The molecule has 0 unspecified atom stereocenters. The van der Waals surface area contributed by atoms with Crippen molar-refractivity contribution in [3.63, 3.8) is 0 Å². The van der Waals surface area contributed by atoms with E-state index in [-0.39, 0.29) is 28.7 Å². The maximum Gasteiger partial charge on any atom is 0.251 e. The average Bonchev–Trinajstić information content (AvgIpc) is 3.28. The zero-order chi connectivity index (χ0) is 23.4. The second kappa shape index (κ2) is 10.2. The number of nitrogens with zero attached hydrogens (tertiary/aromatic N) is 2. The predicted molar refractivity (Wildman–Crippen MR) is 137 cm³/mol. The number of carbonyl (C=O) groups is 1. The fraction of sp³-hybridized carbons (Fsp3) is 0.417. The zero-order valence-electron chi connectivity index (χ0n) is 19.0. The molecule has 0 aromatic heterocycles. The Hall–Kier alpha value is -2.52. The Balaban J connectivity index is 1.30. The van der Waals surface area contributed by atoms with Crippen LogP contribution < -0.4 is 15.5 Å². The van der Waals surface area contributed by atoms with Crippen molar-refractivity contribution in [3.8, 4) is 0 Å². The Morgan fingerprint density at radius 2 is 1.97 bits per heavy atom. The molecule has 176 valence electrons. The molecule has 2 N–H and O–H groups in total. The van der Waals surface area contributed by atoms with Crippen LogP contribution in [-0.4, -0.2) is 61.9 Å². The SMILES string of the molecule is CCN(CCCNC(=O)c1ccc(C)c(NC2=N[C@@H]3CS(=O)(=O)C[C@@H]3S2)c1)c1ccccc1. The third-order valence-electron chi connectivity index (χ3n) is 5.95. The van der Waals surface area contributed by atoms with Gasteiger partial charge in [-0.25, -0.2) is 8.42 Å². The van der Waals surface area contributed by atoms with Gasteiger partial charge in [0.05, 0.1) is 17.5 Å². The fourth-order valence-corrected chi connectivity index (χ4v) is 7.78. The van der Waals surface area contributed by atoms with Gasteiger partial charge in [-0.2, -0.15) is 0 Å². The second-order valence-electron chi connectivity index (χ2n) is 8.41. The highest BCUT2D eigenvalue weighted by Crippen LogP contribution is 2.35. The molecule has 33 heavy (non-hydrogen) atoms. The molecule has 1 saturated heterocycles. The molecule has 1 amide bonds. The highest BCUT2D eigenvalue weighted by Gasteiger charge is 2.42. The van der Waals surface area contributed by atoms with Gasteiger partial charge in [0, 0.05) is 41.8 Å². The molecule has 0 bridgehead atoms. The first-order valence-corrected chi connectivity index (χ1v) is 14.0. The van der Waals surface area contributed by atoms with E-state index >= 15 is 0 Å². The Morgan fingerprint density at radius 1 is 1.18 bits per heavy atom. The van der Waals surface area contributed by atoms with Gasteiger partial charge in [0.2, 0.25) is 0 Å². The average molecular weight is 487 g/mol. The molecular formula is C24H30N4O3S2. The number of hydrogen-bond acceptors (Lipinski definition) is 7. The van der Waals surface area contributed by atoms with Gasteiger partial charge in [-0.3, -0.25) is 9.79 Å². The van der Waals surface area contributed by atoms with E-state index in [2.05, 4.69) is 39.6 Å². The van der Waals surface area contributed by atoms with Crippen molar-refractivity contribution in [3.05, 3.63) is 59.7 Å². The first kappa shape index (κ1) is 23.6. The third kappa shape index (κ3) is 5.89. The largest absolute Gasteiger partial charge is 0.372 e. The molecule has 4 rings (SSSR count). The number of anilines is 2. The molecule has 0 saturated carbocycles. The lowest BCUT2D eigenvalue weighted by Gasteiger charge is -2.23. The normalized spacial score (nSPS) is 20.7. The first-order chi connectivity index (χ1) is 15.8. The predicted octanol–water partition coefficient (Wildman–Crippen LogP) is 3.32. The van der Waals surface area contributed by atoms with Gasteiger partial charge in [-0.15, -0.1) is 0 Å². The number of aliphatic imine (C=N–C) groups is 1. The number of benzene rings is 2. The Labute approximate surface area is 200 Å². The number of rotatable bonds is 8. The summed E-state index contributed by atoms with van der Waals surface area (Å²) in [6.45, 7) is 6.49. The van der Waals surface area contributed by atoms with Gasteiger partial charge in [-0.05, 0) is 50.1 Å². The van der Waals surface area contributed by atoms with Crippen LogP contribution in [0.1, 0.15) is 29.3 Å². The van der Waals surface area contributed by atoms with E-state index in [0.717, 1.165) is 35.9 Å². The van der Waals surface area contributed by atoms with Gasteiger partial charge in [0.25, 0.3) is 5.91 Å². The van der Waals surface area contributed by atoms with Crippen LogP contribution in [0.3, 0.4) is 0 Å². The molecule has 0 spiro atoms. The molecule has 2 atom stereocenters. The Kier molecular flexibility index (Phi) is 7.29. The van der Waals surface area contributed by atoms with Crippen molar-refractivity contribution in [2.45, 2.75) is 31.6 Å². The van der Waals surface area contributed by atoms with Crippen LogP contribution >= 0.6 is 11.8 Å². The van der Waals surface area contributed by atoms with E-state index in [1.807, 2.05) is 43.3 Å². The topological polar surface area (TPSA) is 90.9 Å². The van der Waals surface area contributed by atoms with Gasteiger partial charge in [-0.1, -0.05) is 36.0 Å². The Morgan fingerprint density at radius 3 is 2.70 bits per heavy atom. The van der Waals surface area contributed by atoms with E-state index in [9.17, 15) is 13.2 Å². The van der Waals surface area contributed by atoms with Gasteiger partial charge >= 0.3 is 0 Å². The molecule has 0 radical (unpaired) electrons. The van der Waals surface area contributed by atoms with Crippen LogP contribution in [0.5, 0.6) is 0 Å². The maximum absolute atomic E-state index is 12.7.